The van der Waals surface area contributed by atoms with Gasteiger partial charge >= 0.3 is 0 Å². The van der Waals surface area contributed by atoms with E-state index in [9.17, 15) is 0 Å². The van der Waals surface area contributed by atoms with Crippen LogP contribution in [0.3, 0.4) is 0 Å². The fourth-order valence-electron chi connectivity index (χ4n) is 2.78. The van der Waals surface area contributed by atoms with Crippen LogP contribution in [0.5, 0.6) is 5.75 Å². The number of nitrogens with zero attached hydrogens (tertiary/aromatic N) is 5. The SMILES string of the molecule is COc1ccc(-c2sc3c(N=NCc4cccnc4)ncnc3c2C)cc1. The number of pyridine rings is 1. The summed E-state index contributed by atoms with van der Waals surface area (Å²) in [4.78, 5) is 14.0. The number of azo groups is 1. The molecule has 0 radical (unpaired) electrons. The molecule has 4 aromatic rings. The topological polar surface area (TPSA) is 72.6 Å². The first-order valence-electron chi connectivity index (χ1n) is 8.41. The average Bonchev–Trinajstić information content (AvgIpc) is 3.06. The molecule has 0 atom stereocenters. The van der Waals surface area contributed by atoms with Crippen molar-refractivity contribution in [2.45, 2.75) is 13.5 Å². The number of fused-ring (bicyclic) bond motifs is 1. The lowest BCUT2D eigenvalue weighted by molar-refractivity contribution is 0.415. The van der Waals surface area contributed by atoms with Crippen molar-refractivity contribution in [2.24, 2.45) is 10.2 Å². The van der Waals surface area contributed by atoms with Crippen LogP contribution in [0.25, 0.3) is 20.7 Å². The molecule has 0 bridgehead atoms. The Labute approximate surface area is 160 Å². The van der Waals surface area contributed by atoms with Crippen molar-refractivity contribution < 1.29 is 4.74 Å². The van der Waals surface area contributed by atoms with Crippen LogP contribution in [0, 0.1) is 6.92 Å². The van der Waals surface area contributed by atoms with Gasteiger partial charge in [-0.05, 0) is 53.9 Å². The number of hydrogen-bond acceptors (Lipinski definition) is 7. The lowest BCUT2D eigenvalue weighted by atomic mass is 10.1. The smallest absolute Gasteiger partial charge is 0.195 e. The van der Waals surface area contributed by atoms with Crippen LogP contribution in [-0.4, -0.2) is 22.1 Å². The fraction of sp³-hybridized carbons (Fsp3) is 0.150. The predicted molar refractivity (Wildman–Crippen MR) is 107 cm³/mol. The Morgan fingerprint density at radius 3 is 2.70 bits per heavy atom. The number of hydrogen-bond donors (Lipinski definition) is 0. The highest BCUT2D eigenvalue weighted by atomic mass is 32.1. The third kappa shape index (κ3) is 3.54. The molecule has 0 saturated carbocycles. The van der Waals surface area contributed by atoms with Crippen molar-refractivity contribution in [1.29, 1.82) is 0 Å². The number of rotatable bonds is 5. The van der Waals surface area contributed by atoms with Gasteiger partial charge in [0.05, 0.1) is 19.2 Å². The highest BCUT2D eigenvalue weighted by Gasteiger charge is 2.15. The average molecular weight is 375 g/mol. The van der Waals surface area contributed by atoms with Crippen LogP contribution < -0.4 is 4.74 Å². The Kier molecular flexibility index (Phi) is 4.84. The highest BCUT2D eigenvalue weighted by molar-refractivity contribution is 7.23. The molecule has 0 saturated heterocycles. The Morgan fingerprint density at radius 2 is 1.96 bits per heavy atom. The number of aryl methyl sites for hydroxylation is 1. The minimum Gasteiger partial charge on any atom is -0.497 e. The molecular weight excluding hydrogens is 358 g/mol. The van der Waals surface area contributed by atoms with Crippen molar-refractivity contribution in [3.05, 3.63) is 66.2 Å². The van der Waals surface area contributed by atoms with E-state index in [1.165, 1.54) is 6.33 Å². The maximum Gasteiger partial charge on any atom is 0.195 e. The molecule has 1 aromatic carbocycles. The van der Waals surface area contributed by atoms with Crippen molar-refractivity contribution in [3.63, 3.8) is 0 Å². The third-order valence-electron chi connectivity index (χ3n) is 4.18. The van der Waals surface area contributed by atoms with Gasteiger partial charge in [-0.3, -0.25) is 4.98 Å². The largest absolute Gasteiger partial charge is 0.497 e. The van der Waals surface area contributed by atoms with Crippen LogP contribution in [0.1, 0.15) is 11.1 Å². The van der Waals surface area contributed by atoms with E-state index >= 15 is 0 Å². The molecule has 0 aliphatic carbocycles. The monoisotopic (exact) mass is 375 g/mol. The van der Waals surface area contributed by atoms with E-state index in [-0.39, 0.29) is 0 Å². The van der Waals surface area contributed by atoms with Crippen LogP contribution in [0.4, 0.5) is 5.82 Å². The zero-order valence-corrected chi connectivity index (χ0v) is 15.8. The van der Waals surface area contributed by atoms with Crippen molar-refractivity contribution in [1.82, 2.24) is 15.0 Å². The first-order valence-corrected chi connectivity index (χ1v) is 9.23. The second-order valence-corrected chi connectivity index (χ2v) is 6.94. The molecule has 3 aromatic heterocycles. The van der Waals surface area contributed by atoms with Crippen molar-refractivity contribution >= 4 is 27.4 Å². The molecule has 0 N–H and O–H groups in total. The molecule has 3 heterocycles. The van der Waals surface area contributed by atoms with Crippen LogP contribution >= 0.6 is 11.3 Å². The van der Waals surface area contributed by atoms with Gasteiger partial charge in [-0.2, -0.15) is 5.11 Å². The quantitative estimate of drug-likeness (QED) is 0.441. The van der Waals surface area contributed by atoms with Gasteiger partial charge in [0.25, 0.3) is 0 Å². The Hall–Kier alpha value is -3.19. The van der Waals surface area contributed by atoms with E-state index < -0.39 is 0 Å². The molecule has 27 heavy (non-hydrogen) atoms. The predicted octanol–water partition coefficient (Wildman–Crippen LogP) is 5.35. The first-order chi connectivity index (χ1) is 13.3. The maximum atomic E-state index is 5.24. The molecule has 0 amide bonds. The summed E-state index contributed by atoms with van der Waals surface area (Å²) in [6, 6.07) is 11.9. The third-order valence-corrected chi connectivity index (χ3v) is 5.50. The first kappa shape index (κ1) is 17.2. The molecule has 0 fully saturated rings. The minimum absolute atomic E-state index is 0.467. The molecular formula is C20H17N5OS. The highest BCUT2D eigenvalue weighted by Crippen LogP contribution is 2.40. The number of ether oxygens (including phenoxy) is 1. The molecule has 0 spiro atoms. The van der Waals surface area contributed by atoms with Gasteiger partial charge in [-0.1, -0.05) is 6.07 Å². The standard InChI is InChI=1S/C20H17N5OS/c1-13-17-19(27-18(13)15-5-7-16(26-2)8-6-15)20(23-12-22-17)25-24-11-14-4-3-9-21-10-14/h3-10,12H,11H2,1-2H3. The second-order valence-electron chi connectivity index (χ2n) is 5.92. The van der Waals surface area contributed by atoms with Gasteiger partial charge in [0.15, 0.2) is 5.82 Å². The van der Waals surface area contributed by atoms with Crippen LogP contribution in [-0.2, 0) is 6.54 Å². The summed E-state index contributed by atoms with van der Waals surface area (Å²) < 4.78 is 6.18. The summed E-state index contributed by atoms with van der Waals surface area (Å²) in [5, 5.41) is 8.62. The van der Waals surface area contributed by atoms with Gasteiger partial charge in [-0.15, -0.1) is 16.5 Å². The number of benzene rings is 1. The van der Waals surface area contributed by atoms with Gasteiger partial charge < -0.3 is 4.74 Å². The van der Waals surface area contributed by atoms with E-state index in [4.69, 9.17) is 4.74 Å². The Bertz CT molecular complexity index is 1090. The zero-order chi connectivity index (χ0) is 18.6. The van der Waals surface area contributed by atoms with Crippen molar-refractivity contribution in [2.75, 3.05) is 7.11 Å². The molecule has 7 heteroatoms. The molecule has 0 unspecified atom stereocenters. The summed E-state index contributed by atoms with van der Waals surface area (Å²) in [6.45, 7) is 2.54. The van der Waals surface area contributed by atoms with E-state index in [1.54, 1.807) is 30.8 Å². The Balaban J connectivity index is 1.68. The fourth-order valence-corrected chi connectivity index (χ4v) is 3.97. The minimum atomic E-state index is 0.467. The number of thiophene rings is 1. The maximum absolute atomic E-state index is 5.24. The second kappa shape index (κ2) is 7.59. The van der Waals surface area contributed by atoms with E-state index in [1.807, 2.05) is 36.4 Å². The summed E-state index contributed by atoms with van der Waals surface area (Å²) in [6.07, 6.45) is 5.06. The van der Waals surface area contributed by atoms with E-state index in [0.717, 1.165) is 37.5 Å². The molecule has 4 rings (SSSR count). The summed E-state index contributed by atoms with van der Waals surface area (Å²) in [7, 11) is 1.66. The summed E-state index contributed by atoms with van der Waals surface area (Å²) in [5.41, 5.74) is 4.16. The zero-order valence-electron chi connectivity index (χ0n) is 15.0. The number of aromatic nitrogens is 3. The lowest BCUT2D eigenvalue weighted by Gasteiger charge is -2.02. The van der Waals surface area contributed by atoms with E-state index in [2.05, 4.69) is 32.1 Å². The molecule has 6 nitrogen and oxygen atoms in total. The lowest BCUT2D eigenvalue weighted by Crippen LogP contribution is -1.83. The van der Waals surface area contributed by atoms with Crippen LogP contribution in [0.2, 0.25) is 0 Å². The summed E-state index contributed by atoms with van der Waals surface area (Å²) >= 11 is 1.63. The van der Waals surface area contributed by atoms with Crippen LogP contribution in [0.15, 0.2) is 65.3 Å². The summed E-state index contributed by atoms with van der Waals surface area (Å²) in [5.74, 6) is 1.43. The number of methoxy groups -OCH3 is 1. The van der Waals surface area contributed by atoms with Gasteiger partial charge in [0.2, 0.25) is 0 Å². The van der Waals surface area contributed by atoms with Crippen molar-refractivity contribution in [3.8, 4) is 16.2 Å². The normalized spacial score (nSPS) is 11.3. The van der Waals surface area contributed by atoms with Gasteiger partial charge in [0, 0.05) is 17.3 Å². The molecule has 0 aliphatic rings. The molecule has 134 valence electrons. The molecule has 0 aliphatic heterocycles. The Morgan fingerprint density at radius 1 is 1.11 bits per heavy atom. The van der Waals surface area contributed by atoms with Gasteiger partial charge in [0.1, 0.15) is 16.8 Å². The van der Waals surface area contributed by atoms with Gasteiger partial charge in [-0.25, -0.2) is 9.97 Å². The van der Waals surface area contributed by atoms with E-state index in [0.29, 0.717) is 12.4 Å².